The van der Waals surface area contributed by atoms with Crippen LogP contribution in [0.15, 0.2) is 230 Å². The quantitative estimate of drug-likeness (QED) is 0.167. The maximum atomic E-state index is 10.7. The minimum atomic E-state index is -3.51. The van der Waals surface area contributed by atoms with Crippen LogP contribution in [0.25, 0.3) is 72.0 Å². The summed E-state index contributed by atoms with van der Waals surface area (Å²) >= 11 is 0. The smallest absolute Gasteiger partial charge is 0.0725 e. The number of nitrogens with zero attached hydrogens (tertiary/aromatic N) is 2. The van der Waals surface area contributed by atoms with Gasteiger partial charge in [0.1, 0.15) is 0 Å². The fourth-order valence-electron chi connectivity index (χ4n) is 9.60. The fourth-order valence-corrected chi connectivity index (χ4v) is 9.60. The maximum absolute atomic E-state index is 10.7. The van der Waals surface area contributed by atoms with E-state index >= 15 is 0 Å². The number of hydrogen-bond acceptors (Lipinski definition) is 1. The molecule has 0 bridgehead atoms. The maximum Gasteiger partial charge on any atom is 0.0725 e. The van der Waals surface area contributed by atoms with E-state index in [-0.39, 0.29) is 16.7 Å². The average molecular weight is 878 g/mol. The number of anilines is 3. The van der Waals surface area contributed by atoms with E-state index in [1.165, 1.54) is 30.3 Å². The molecule has 0 atom stereocenters. The van der Waals surface area contributed by atoms with Crippen molar-refractivity contribution in [2.45, 2.75) is 24.5 Å². The Morgan fingerprint density at radius 2 is 1.00 bits per heavy atom. The van der Waals surface area contributed by atoms with Crippen molar-refractivity contribution >= 4 is 38.9 Å². The first-order chi connectivity index (χ1) is 47.9. The highest BCUT2D eigenvalue weighted by Gasteiger charge is 2.51. The summed E-state index contributed by atoms with van der Waals surface area (Å²) in [6, 6.07) is -23.8. The van der Waals surface area contributed by atoms with E-state index in [1.807, 2.05) is 0 Å². The second-order valence-electron chi connectivity index (χ2n) is 15.6. The molecule has 0 saturated heterocycles. The molecule has 0 saturated carbocycles. The van der Waals surface area contributed by atoms with E-state index in [1.54, 1.807) is 0 Å². The van der Waals surface area contributed by atoms with Gasteiger partial charge in [0, 0.05) is 47.2 Å². The molecule has 3 aliphatic rings. The lowest BCUT2D eigenvalue weighted by atomic mass is 9.70. The Hall–Kier alpha value is -8.20. The molecule has 0 N–H and O–H groups in total. The molecule has 1 spiro atoms. The van der Waals surface area contributed by atoms with Gasteiger partial charge in [0.2, 0.25) is 0 Å². The van der Waals surface area contributed by atoms with Gasteiger partial charge in [0.15, 0.2) is 0 Å². The predicted molar refractivity (Wildman–Crippen MR) is 275 cm³/mol. The second-order valence-corrected chi connectivity index (χ2v) is 15.6. The number of fused-ring (bicyclic) bond motifs is 16. The molecule has 14 rings (SSSR count). The molecule has 1 aromatic heterocycles. The molecule has 0 fully saturated rings. The number of rotatable bonds is 5. The van der Waals surface area contributed by atoms with E-state index < -0.39 is 318 Å². The van der Waals surface area contributed by atoms with Crippen molar-refractivity contribution in [1.82, 2.24) is 4.57 Å². The molecule has 2 nitrogen and oxygen atoms in total. The largest absolute Gasteiger partial charge is 0.310 e. The number of hydrogen-bond donors (Lipinski definition) is 0. The van der Waals surface area contributed by atoms with Gasteiger partial charge in [-0.05, 0) is 132 Å². The van der Waals surface area contributed by atoms with Crippen LogP contribution in [0.2, 0.25) is 0 Å². The topological polar surface area (TPSA) is 8.17 Å². The van der Waals surface area contributed by atoms with Gasteiger partial charge >= 0.3 is 0 Å². The molecule has 3 aliphatic carbocycles. The summed E-state index contributed by atoms with van der Waals surface area (Å²) in [6.45, 7) is -7.02. The number of aromatic nitrogens is 1. The Labute approximate surface area is 437 Å². The van der Waals surface area contributed by atoms with E-state index in [0.29, 0.717) is 9.47 Å². The molecule has 310 valence electrons. The molecular weight excluding hydrogens is 797 g/mol. The van der Waals surface area contributed by atoms with Gasteiger partial charge in [-0.25, -0.2) is 0 Å². The van der Waals surface area contributed by atoms with Crippen molar-refractivity contribution in [1.29, 1.82) is 0 Å². The Morgan fingerprint density at radius 1 is 0.409 bits per heavy atom. The summed E-state index contributed by atoms with van der Waals surface area (Å²) in [6.07, 6.45) is 0. The molecule has 10 aromatic carbocycles. The monoisotopic (exact) mass is 878 g/mol. The zero-order chi connectivity index (χ0) is 75.7. The van der Waals surface area contributed by atoms with E-state index in [0.717, 1.165) is 12.1 Å². The highest BCUT2D eigenvalue weighted by atomic mass is 15.1. The van der Waals surface area contributed by atoms with Crippen molar-refractivity contribution in [2.75, 3.05) is 4.90 Å². The zero-order valence-electron chi connectivity index (χ0n) is 70.4. The van der Waals surface area contributed by atoms with Crippen LogP contribution in [0.4, 0.5) is 17.1 Å². The molecule has 2 heteroatoms. The van der Waals surface area contributed by atoms with Crippen molar-refractivity contribution < 1.29 is 50.7 Å². The van der Waals surface area contributed by atoms with Crippen LogP contribution in [0.1, 0.15) is 97.8 Å². The van der Waals surface area contributed by atoms with Gasteiger partial charge in [-0.3, -0.25) is 0 Å². The molecule has 0 radical (unpaired) electrons. The van der Waals surface area contributed by atoms with Crippen LogP contribution in [0.3, 0.4) is 0 Å². The normalized spacial score (nSPS) is 22.5. The lowest BCUT2D eigenvalue weighted by Gasteiger charge is -2.30. The third-order valence-corrected chi connectivity index (χ3v) is 12.3. The molecule has 0 amide bonds. The summed E-state index contributed by atoms with van der Waals surface area (Å²) in [5.41, 5.74) is -19.5. The van der Waals surface area contributed by atoms with Gasteiger partial charge in [0.05, 0.1) is 58.9 Å². The van der Waals surface area contributed by atoms with Crippen molar-refractivity contribution in [3.63, 3.8) is 0 Å². The predicted octanol–water partition coefficient (Wildman–Crippen LogP) is 16.6. The Balaban J connectivity index is 1.20. The minimum Gasteiger partial charge on any atom is -0.310 e. The summed E-state index contributed by atoms with van der Waals surface area (Å²) in [5, 5.41) is -1.51. The average Bonchev–Trinajstić information content (AvgIpc) is 1.47. The first-order valence-electron chi connectivity index (χ1n) is 38.7. The Kier molecular flexibility index (Phi) is 3.32. The van der Waals surface area contributed by atoms with E-state index in [9.17, 15) is 24.7 Å². The lowest BCUT2D eigenvalue weighted by molar-refractivity contribution is 0.660. The van der Waals surface area contributed by atoms with Gasteiger partial charge in [-0.2, -0.15) is 0 Å². The van der Waals surface area contributed by atoms with Gasteiger partial charge in [-0.1, -0.05) is 189 Å². The van der Waals surface area contributed by atoms with Crippen molar-refractivity contribution in [3.05, 3.63) is 263 Å². The first-order valence-corrected chi connectivity index (χ1v) is 20.2. The molecule has 1 heterocycles. The summed E-state index contributed by atoms with van der Waals surface area (Å²) in [5.74, 6) is 0. The van der Waals surface area contributed by atoms with Crippen LogP contribution in [-0.4, -0.2) is 4.57 Å². The van der Waals surface area contributed by atoms with Crippen molar-refractivity contribution in [2.24, 2.45) is 0 Å². The summed E-state index contributed by atoms with van der Waals surface area (Å²) in [7, 11) is 0. The molecule has 11 aromatic rings. The van der Waals surface area contributed by atoms with Crippen LogP contribution in [0.5, 0.6) is 0 Å². The number of benzene rings is 10. The molecule has 66 heavy (non-hydrogen) atoms. The highest BCUT2D eigenvalue weighted by molar-refractivity contribution is 6.11. The summed E-state index contributed by atoms with van der Waals surface area (Å²) < 4.78 is 348. The van der Waals surface area contributed by atoms with Crippen LogP contribution < -0.4 is 4.90 Å². The Bertz CT molecular complexity index is 5740. The second kappa shape index (κ2) is 13.7. The fraction of sp³-hybridized carbons (Fsp3) is 0.0625. The minimum absolute atomic E-state index is 0.0211. The molecular formula is C64H44N2. The van der Waals surface area contributed by atoms with Crippen LogP contribution in [0, 0.1) is 0 Å². The lowest BCUT2D eigenvalue weighted by Crippen LogP contribution is -2.25. The van der Waals surface area contributed by atoms with Crippen LogP contribution >= 0.6 is 0 Å². The number of para-hydroxylation sites is 1. The van der Waals surface area contributed by atoms with E-state index in [2.05, 4.69) is 0 Å². The van der Waals surface area contributed by atoms with Gasteiger partial charge in [-0.15, -0.1) is 0 Å². The Morgan fingerprint density at radius 3 is 1.74 bits per heavy atom. The third kappa shape index (κ3) is 4.96. The van der Waals surface area contributed by atoms with Gasteiger partial charge < -0.3 is 9.47 Å². The SMILES string of the molecule is [2H]c1c([2H])c([2H])c(-c2c([2H])c([2H])c(N(c3ccc4c(c3)C(C([2H])([2H])[2H])(C([2H])([2H])[2H])c3ccccc3-4)c3c([2H])c([2H])c4c5c([2H])c([2H])c([2H])c([2H])c5n(-c5c([2H])c([2H])c6c(c5[2H])-c5c([2H])c([2H])c([2H])c([2H])c5C65c6c([2H])c([2H])c([2H])c([2H])c6-c6c([2H])c([2H])c([2H])c([2H])c65)c4c3[2H])c([2H])c2[2H])c([2H])c1[2H]. The first kappa shape index (κ1) is 16.0. The molecule has 0 unspecified atom stereocenters. The van der Waals surface area contributed by atoms with Gasteiger partial charge in [0.25, 0.3) is 0 Å². The van der Waals surface area contributed by atoms with Crippen molar-refractivity contribution in [3.8, 4) is 50.2 Å². The zero-order valence-corrected chi connectivity index (χ0v) is 33.4. The summed E-state index contributed by atoms with van der Waals surface area (Å²) in [4.78, 5) is 0.621. The molecule has 0 aliphatic heterocycles. The van der Waals surface area contributed by atoms with Crippen LogP contribution in [-0.2, 0) is 10.8 Å². The van der Waals surface area contributed by atoms with E-state index in [4.69, 9.17) is 26.0 Å². The highest BCUT2D eigenvalue weighted by Crippen LogP contribution is 2.63. The third-order valence-electron chi connectivity index (χ3n) is 12.3. The standard InChI is InChI=1S/C64H44N2/c1-63(2)55-23-11-6-18-47(55)51-35-32-45(39-60(51)63)65(43-30-28-42(29-31-43)41-16-4-3-5-17-41)46-33-36-53-52-22-10-15-27-61(52)66(62(53)40-46)44-34-37-59-54(38-44)50-21-9-14-26-58(50)64(59)56-24-12-7-19-48(56)49-20-8-13-25-57(49)64/h3-40H,1-2H3/i1D3,2D3,3D,4D,5D,7D,8D,9D,10D,12D,13D,14D,15D,16D,17D,19D,20D,21D,22D,24D,25D,26D,27D,28D,29D,30D,31D,33D,34D,36D,37D,38D,40D.